The highest BCUT2D eigenvalue weighted by atomic mass is 16.4. The quantitative estimate of drug-likeness (QED) is 0.301. The van der Waals surface area contributed by atoms with Crippen LogP contribution in [0.15, 0.2) is 17.4 Å². The Kier molecular flexibility index (Phi) is 3.73. The second-order valence-corrected chi connectivity index (χ2v) is 4.87. The standard InChI is InChI=1S/C12H19N5O2/c1-17-9(4-8-15-17)3-7-14-11(18)12(5-2-6-12)10(13)16-19/h4,8,19H,2-3,5-7H2,1H3,(H2,13,16)(H,14,18). The largest absolute Gasteiger partial charge is 0.409 e. The first-order valence-electron chi connectivity index (χ1n) is 6.33. The fraction of sp³-hybridized carbons (Fsp3) is 0.583. The topological polar surface area (TPSA) is 106 Å². The monoisotopic (exact) mass is 265 g/mol. The zero-order chi connectivity index (χ0) is 13.9. The summed E-state index contributed by atoms with van der Waals surface area (Å²) in [7, 11) is 1.86. The molecule has 1 aliphatic rings. The van der Waals surface area contributed by atoms with Gasteiger partial charge in [-0.1, -0.05) is 11.6 Å². The van der Waals surface area contributed by atoms with E-state index in [1.54, 1.807) is 10.9 Å². The number of nitrogens with zero attached hydrogens (tertiary/aromatic N) is 3. The summed E-state index contributed by atoms with van der Waals surface area (Å²) in [5.74, 6) is -0.145. The van der Waals surface area contributed by atoms with E-state index in [0.29, 0.717) is 25.8 Å². The molecule has 1 saturated carbocycles. The predicted molar refractivity (Wildman–Crippen MR) is 69.6 cm³/mol. The lowest BCUT2D eigenvalue weighted by Gasteiger charge is -2.38. The minimum absolute atomic E-state index is 0.0109. The van der Waals surface area contributed by atoms with E-state index in [-0.39, 0.29) is 11.7 Å². The molecule has 1 aromatic heterocycles. The summed E-state index contributed by atoms with van der Waals surface area (Å²) in [6.07, 6.45) is 4.63. The summed E-state index contributed by atoms with van der Waals surface area (Å²) in [6, 6.07) is 1.91. The Labute approximate surface area is 111 Å². The third kappa shape index (κ3) is 2.40. The molecule has 0 aliphatic heterocycles. The minimum Gasteiger partial charge on any atom is -0.409 e. The van der Waals surface area contributed by atoms with E-state index in [2.05, 4.69) is 15.6 Å². The van der Waals surface area contributed by atoms with Crippen LogP contribution in [0.5, 0.6) is 0 Å². The van der Waals surface area contributed by atoms with Gasteiger partial charge in [-0.05, 0) is 18.9 Å². The molecular weight excluding hydrogens is 246 g/mol. The fourth-order valence-corrected chi connectivity index (χ4v) is 2.35. The molecule has 0 saturated heterocycles. The van der Waals surface area contributed by atoms with Gasteiger partial charge in [0.1, 0.15) is 5.41 Å². The summed E-state index contributed by atoms with van der Waals surface area (Å²) in [6.45, 7) is 0.513. The molecule has 0 unspecified atom stereocenters. The summed E-state index contributed by atoms with van der Waals surface area (Å²) in [4.78, 5) is 12.2. The van der Waals surface area contributed by atoms with Gasteiger partial charge in [-0.3, -0.25) is 9.48 Å². The summed E-state index contributed by atoms with van der Waals surface area (Å²) in [5.41, 5.74) is 5.87. The number of hydrogen-bond donors (Lipinski definition) is 3. The first kappa shape index (κ1) is 13.4. The smallest absolute Gasteiger partial charge is 0.233 e. The average Bonchev–Trinajstić information content (AvgIpc) is 2.73. The molecule has 0 spiro atoms. The molecule has 0 bridgehead atoms. The van der Waals surface area contributed by atoms with Crippen molar-refractivity contribution in [3.63, 3.8) is 0 Å². The highest BCUT2D eigenvalue weighted by molar-refractivity contribution is 6.07. The Bertz CT molecular complexity index is 490. The van der Waals surface area contributed by atoms with Gasteiger partial charge in [0.2, 0.25) is 5.91 Å². The Balaban J connectivity index is 1.89. The summed E-state index contributed by atoms with van der Waals surface area (Å²) in [5, 5.41) is 18.7. The van der Waals surface area contributed by atoms with Crippen molar-refractivity contribution in [3.05, 3.63) is 18.0 Å². The lowest BCUT2D eigenvalue weighted by Crippen LogP contribution is -2.54. The number of carbonyl (C=O) groups excluding carboxylic acids is 1. The van der Waals surface area contributed by atoms with Gasteiger partial charge >= 0.3 is 0 Å². The van der Waals surface area contributed by atoms with Gasteiger partial charge in [-0.25, -0.2) is 0 Å². The Morgan fingerprint density at radius 3 is 2.89 bits per heavy atom. The van der Waals surface area contributed by atoms with Crippen LogP contribution in [0.3, 0.4) is 0 Å². The SMILES string of the molecule is Cn1nccc1CCNC(=O)C1(/C(N)=N/O)CCC1. The van der Waals surface area contributed by atoms with Gasteiger partial charge in [-0.2, -0.15) is 5.10 Å². The van der Waals surface area contributed by atoms with E-state index >= 15 is 0 Å². The van der Waals surface area contributed by atoms with Crippen molar-refractivity contribution in [2.24, 2.45) is 23.4 Å². The molecule has 7 heteroatoms. The second-order valence-electron chi connectivity index (χ2n) is 4.87. The summed E-state index contributed by atoms with van der Waals surface area (Å²) < 4.78 is 1.77. The van der Waals surface area contributed by atoms with E-state index in [9.17, 15) is 4.79 Å². The van der Waals surface area contributed by atoms with Gasteiger partial charge in [0.15, 0.2) is 5.84 Å². The van der Waals surface area contributed by atoms with Crippen LogP contribution in [0.1, 0.15) is 25.0 Å². The number of aryl methyl sites for hydroxylation is 1. The number of aromatic nitrogens is 2. The predicted octanol–water partition coefficient (Wildman–Crippen LogP) is -0.00450. The number of amidine groups is 1. The first-order valence-corrected chi connectivity index (χ1v) is 6.33. The molecular formula is C12H19N5O2. The van der Waals surface area contributed by atoms with Gasteiger partial charge in [0.25, 0.3) is 0 Å². The van der Waals surface area contributed by atoms with Crippen LogP contribution < -0.4 is 11.1 Å². The molecule has 2 rings (SSSR count). The van der Waals surface area contributed by atoms with Crippen LogP contribution in [0.25, 0.3) is 0 Å². The number of nitrogens with one attached hydrogen (secondary N) is 1. The van der Waals surface area contributed by atoms with Crippen LogP contribution in [-0.2, 0) is 18.3 Å². The average molecular weight is 265 g/mol. The molecule has 4 N–H and O–H groups in total. The fourth-order valence-electron chi connectivity index (χ4n) is 2.35. The molecule has 104 valence electrons. The minimum atomic E-state index is -0.804. The highest BCUT2D eigenvalue weighted by Crippen LogP contribution is 2.41. The molecule has 1 heterocycles. The van der Waals surface area contributed by atoms with E-state index in [4.69, 9.17) is 10.9 Å². The summed E-state index contributed by atoms with van der Waals surface area (Å²) >= 11 is 0. The Hall–Kier alpha value is -2.05. The van der Waals surface area contributed by atoms with Crippen molar-refractivity contribution in [2.75, 3.05) is 6.54 Å². The maximum Gasteiger partial charge on any atom is 0.233 e. The molecule has 0 atom stereocenters. The van der Waals surface area contributed by atoms with Crippen LogP contribution in [0.2, 0.25) is 0 Å². The molecule has 0 aromatic carbocycles. The first-order chi connectivity index (χ1) is 9.10. The van der Waals surface area contributed by atoms with Crippen molar-refractivity contribution in [2.45, 2.75) is 25.7 Å². The van der Waals surface area contributed by atoms with Gasteiger partial charge in [0, 0.05) is 31.9 Å². The molecule has 1 amide bonds. The molecule has 1 fully saturated rings. The molecule has 19 heavy (non-hydrogen) atoms. The van der Waals surface area contributed by atoms with Crippen molar-refractivity contribution < 1.29 is 10.0 Å². The van der Waals surface area contributed by atoms with Crippen LogP contribution in [-0.4, -0.2) is 33.3 Å². The molecule has 1 aromatic rings. The number of nitrogens with two attached hydrogens (primary N) is 1. The van der Waals surface area contributed by atoms with E-state index < -0.39 is 5.41 Å². The van der Waals surface area contributed by atoms with Crippen molar-refractivity contribution >= 4 is 11.7 Å². The zero-order valence-electron chi connectivity index (χ0n) is 11.0. The normalized spacial score (nSPS) is 17.8. The third-order valence-electron chi connectivity index (χ3n) is 3.83. The van der Waals surface area contributed by atoms with Gasteiger partial charge in [-0.15, -0.1) is 0 Å². The highest BCUT2D eigenvalue weighted by Gasteiger charge is 2.48. The number of oxime groups is 1. The number of amides is 1. The van der Waals surface area contributed by atoms with Gasteiger partial charge in [0.05, 0.1) is 0 Å². The maximum absolute atomic E-state index is 12.2. The Morgan fingerprint density at radius 2 is 2.42 bits per heavy atom. The third-order valence-corrected chi connectivity index (χ3v) is 3.83. The molecule has 0 radical (unpaired) electrons. The van der Waals surface area contributed by atoms with Crippen molar-refractivity contribution in [1.82, 2.24) is 15.1 Å². The van der Waals surface area contributed by atoms with Crippen LogP contribution in [0, 0.1) is 5.41 Å². The number of rotatable bonds is 5. The Morgan fingerprint density at radius 1 is 1.68 bits per heavy atom. The lowest BCUT2D eigenvalue weighted by atomic mass is 9.67. The zero-order valence-corrected chi connectivity index (χ0v) is 11.0. The van der Waals surface area contributed by atoms with Crippen molar-refractivity contribution in [1.29, 1.82) is 0 Å². The van der Waals surface area contributed by atoms with Crippen molar-refractivity contribution in [3.8, 4) is 0 Å². The molecule has 1 aliphatic carbocycles. The lowest BCUT2D eigenvalue weighted by molar-refractivity contribution is -0.131. The number of hydrogen-bond acceptors (Lipinski definition) is 4. The maximum atomic E-state index is 12.2. The van der Waals surface area contributed by atoms with Crippen LogP contribution >= 0.6 is 0 Å². The van der Waals surface area contributed by atoms with E-state index in [1.807, 2.05) is 13.1 Å². The van der Waals surface area contributed by atoms with Crippen LogP contribution in [0.4, 0.5) is 0 Å². The number of carbonyl (C=O) groups is 1. The van der Waals surface area contributed by atoms with E-state index in [1.165, 1.54) is 0 Å². The molecule has 7 nitrogen and oxygen atoms in total. The van der Waals surface area contributed by atoms with E-state index in [0.717, 1.165) is 12.1 Å². The second kappa shape index (κ2) is 5.29. The van der Waals surface area contributed by atoms with Gasteiger partial charge < -0.3 is 16.3 Å².